The highest BCUT2D eigenvalue weighted by atomic mass is 35.5. The van der Waals surface area contributed by atoms with E-state index in [4.69, 9.17) is 11.6 Å². The molecule has 0 atom stereocenters. The number of allylic oxidation sites excluding steroid dienone is 1. The van der Waals surface area contributed by atoms with Crippen LogP contribution in [0.2, 0.25) is 5.02 Å². The molecule has 0 unspecified atom stereocenters. The number of aromatic nitrogens is 3. The van der Waals surface area contributed by atoms with Gasteiger partial charge in [-0.1, -0.05) is 28.9 Å². The van der Waals surface area contributed by atoms with Crippen LogP contribution in [-0.2, 0) is 0 Å². The Morgan fingerprint density at radius 2 is 1.86 bits per heavy atom. The fourth-order valence-corrected chi connectivity index (χ4v) is 2.08. The number of fused-ring (bicyclic) bond motifs is 1. The van der Waals surface area contributed by atoms with Crippen molar-refractivity contribution in [3.05, 3.63) is 58.6 Å². The van der Waals surface area contributed by atoms with Crippen molar-refractivity contribution in [2.45, 2.75) is 0 Å². The predicted molar refractivity (Wildman–Crippen MR) is 78.7 cm³/mol. The molecule has 0 aliphatic carbocycles. The van der Waals surface area contributed by atoms with Gasteiger partial charge in [0.05, 0.1) is 5.52 Å². The molecule has 3 rings (SSSR count). The normalized spacial score (nSPS) is 11.6. The maximum absolute atomic E-state index is 13.4. The molecule has 0 amide bonds. The molecule has 3 aromatic rings. The Kier molecular flexibility index (Phi) is 3.57. The molecule has 0 aliphatic heterocycles. The van der Waals surface area contributed by atoms with Gasteiger partial charge in [0, 0.05) is 17.2 Å². The summed E-state index contributed by atoms with van der Waals surface area (Å²) in [6.45, 7) is 0. The van der Waals surface area contributed by atoms with Crippen LogP contribution >= 0.6 is 11.6 Å². The van der Waals surface area contributed by atoms with Crippen molar-refractivity contribution in [3.8, 4) is 6.07 Å². The predicted octanol–water partition coefficient (Wildman–Crippen LogP) is 3.88. The minimum absolute atomic E-state index is 0.121. The van der Waals surface area contributed by atoms with Gasteiger partial charge in [0.25, 0.3) is 0 Å². The molecule has 108 valence electrons. The summed E-state index contributed by atoms with van der Waals surface area (Å²) in [5, 5.41) is 17.4. The lowest BCUT2D eigenvalue weighted by atomic mass is 10.2. The Balaban J connectivity index is 2.13. The summed E-state index contributed by atoms with van der Waals surface area (Å²) in [5.41, 5.74) is 1.21. The lowest BCUT2D eigenvalue weighted by molar-refractivity contribution is 0.510. The van der Waals surface area contributed by atoms with Gasteiger partial charge in [-0.05, 0) is 23.8 Å². The van der Waals surface area contributed by atoms with Crippen molar-refractivity contribution in [2.75, 3.05) is 0 Å². The van der Waals surface area contributed by atoms with Gasteiger partial charge in [-0.3, -0.25) is 0 Å². The molecule has 1 heterocycles. The van der Waals surface area contributed by atoms with Crippen molar-refractivity contribution in [3.63, 3.8) is 0 Å². The standard InChI is InChI=1S/C15H7ClF2N4/c16-10-3-1-9(2-4-10)5-11(8-19)22-15-7-13(18)12(17)6-14(15)20-21-22/h1-7H/b11-5+. The Labute approximate surface area is 128 Å². The highest BCUT2D eigenvalue weighted by Crippen LogP contribution is 2.20. The van der Waals surface area contributed by atoms with Crippen LogP contribution in [0.1, 0.15) is 5.56 Å². The topological polar surface area (TPSA) is 54.5 Å². The smallest absolute Gasteiger partial charge is 0.161 e. The van der Waals surface area contributed by atoms with Crippen LogP contribution in [-0.4, -0.2) is 15.0 Å². The molecule has 2 aromatic carbocycles. The second kappa shape index (κ2) is 5.54. The van der Waals surface area contributed by atoms with E-state index in [1.807, 2.05) is 6.07 Å². The van der Waals surface area contributed by atoms with Crippen molar-refractivity contribution in [1.29, 1.82) is 5.26 Å². The number of nitriles is 1. The maximum atomic E-state index is 13.4. The first-order valence-corrected chi connectivity index (χ1v) is 6.54. The fourth-order valence-electron chi connectivity index (χ4n) is 1.95. The molecular weight excluding hydrogens is 310 g/mol. The number of benzene rings is 2. The lowest BCUT2D eigenvalue weighted by Gasteiger charge is -2.01. The van der Waals surface area contributed by atoms with E-state index in [1.165, 1.54) is 0 Å². The first-order valence-electron chi connectivity index (χ1n) is 6.16. The highest BCUT2D eigenvalue weighted by molar-refractivity contribution is 6.30. The molecule has 4 nitrogen and oxygen atoms in total. The Morgan fingerprint density at radius 3 is 2.55 bits per heavy atom. The Bertz CT molecular complexity index is 923. The van der Waals surface area contributed by atoms with Gasteiger partial charge in [-0.2, -0.15) is 5.26 Å². The van der Waals surface area contributed by atoms with Crippen LogP contribution in [0.25, 0.3) is 22.8 Å². The summed E-state index contributed by atoms with van der Waals surface area (Å²) in [6.07, 6.45) is 1.55. The zero-order chi connectivity index (χ0) is 15.7. The number of hydrogen-bond acceptors (Lipinski definition) is 3. The van der Waals surface area contributed by atoms with Gasteiger partial charge in [-0.25, -0.2) is 13.5 Å². The molecule has 0 saturated carbocycles. The van der Waals surface area contributed by atoms with E-state index in [9.17, 15) is 14.0 Å². The van der Waals surface area contributed by atoms with Crippen molar-refractivity contribution in [1.82, 2.24) is 15.0 Å². The number of hydrogen-bond donors (Lipinski definition) is 0. The average Bonchev–Trinajstić information content (AvgIpc) is 2.90. The van der Waals surface area contributed by atoms with Crippen LogP contribution in [0.5, 0.6) is 0 Å². The van der Waals surface area contributed by atoms with Crippen molar-refractivity contribution >= 4 is 34.4 Å². The fraction of sp³-hybridized carbons (Fsp3) is 0. The molecule has 0 fully saturated rings. The summed E-state index contributed by atoms with van der Waals surface area (Å²) in [5.74, 6) is -2.04. The molecule has 0 bridgehead atoms. The Morgan fingerprint density at radius 1 is 1.18 bits per heavy atom. The van der Waals surface area contributed by atoms with E-state index in [0.717, 1.165) is 16.8 Å². The van der Waals surface area contributed by atoms with Crippen LogP contribution in [0.4, 0.5) is 8.78 Å². The minimum atomic E-state index is -1.03. The monoisotopic (exact) mass is 316 g/mol. The third-order valence-electron chi connectivity index (χ3n) is 3.00. The van der Waals surface area contributed by atoms with E-state index in [2.05, 4.69) is 10.3 Å². The zero-order valence-corrected chi connectivity index (χ0v) is 11.7. The summed E-state index contributed by atoms with van der Waals surface area (Å²) < 4.78 is 27.7. The van der Waals surface area contributed by atoms with Gasteiger partial charge < -0.3 is 0 Å². The number of nitrogens with zero attached hydrogens (tertiary/aromatic N) is 4. The molecule has 0 radical (unpaired) electrons. The van der Waals surface area contributed by atoms with E-state index in [0.29, 0.717) is 10.6 Å². The summed E-state index contributed by atoms with van der Waals surface area (Å²) in [4.78, 5) is 0. The molecule has 0 aliphatic rings. The van der Waals surface area contributed by atoms with Crippen LogP contribution in [0.15, 0.2) is 36.4 Å². The SMILES string of the molecule is N#C/C(=C\c1ccc(Cl)cc1)n1nnc2cc(F)c(F)cc21. The lowest BCUT2D eigenvalue weighted by Crippen LogP contribution is -1.98. The largest absolute Gasteiger partial charge is 0.204 e. The minimum Gasteiger partial charge on any atom is -0.204 e. The summed E-state index contributed by atoms with van der Waals surface area (Å²) in [7, 11) is 0. The summed E-state index contributed by atoms with van der Waals surface area (Å²) in [6, 6.07) is 10.7. The van der Waals surface area contributed by atoms with Gasteiger partial charge in [-0.15, -0.1) is 5.10 Å². The third-order valence-corrected chi connectivity index (χ3v) is 3.26. The van der Waals surface area contributed by atoms with Crippen LogP contribution < -0.4 is 0 Å². The van der Waals surface area contributed by atoms with Crippen molar-refractivity contribution < 1.29 is 8.78 Å². The third kappa shape index (κ3) is 2.54. The molecule has 0 spiro atoms. The molecule has 7 heteroatoms. The van der Waals surface area contributed by atoms with Gasteiger partial charge in [0.1, 0.15) is 17.3 Å². The molecular formula is C15H7ClF2N4. The molecule has 0 saturated heterocycles. The van der Waals surface area contributed by atoms with E-state index < -0.39 is 11.6 Å². The molecule has 22 heavy (non-hydrogen) atoms. The average molecular weight is 317 g/mol. The van der Waals surface area contributed by atoms with E-state index in [-0.39, 0.29) is 16.7 Å². The molecule has 0 N–H and O–H groups in total. The second-order valence-corrected chi connectivity index (χ2v) is 4.89. The van der Waals surface area contributed by atoms with Crippen molar-refractivity contribution in [2.24, 2.45) is 0 Å². The summed E-state index contributed by atoms with van der Waals surface area (Å²) >= 11 is 5.80. The number of halogens is 3. The number of rotatable bonds is 2. The van der Waals surface area contributed by atoms with E-state index >= 15 is 0 Å². The van der Waals surface area contributed by atoms with Gasteiger partial charge >= 0.3 is 0 Å². The maximum Gasteiger partial charge on any atom is 0.161 e. The van der Waals surface area contributed by atoms with E-state index in [1.54, 1.807) is 30.3 Å². The first-order chi connectivity index (χ1) is 10.6. The Hall–Kier alpha value is -2.78. The van der Waals surface area contributed by atoms with Gasteiger partial charge in [0.2, 0.25) is 0 Å². The van der Waals surface area contributed by atoms with Gasteiger partial charge in [0.15, 0.2) is 11.6 Å². The van der Waals surface area contributed by atoms with Crippen LogP contribution in [0.3, 0.4) is 0 Å². The first kappa shape index (κ1) is 14.2. The molecule has 1 aromatic heterocycles. The zero-order valence-electron chi connectivity index (χ0n) is 11.0. The quantitative estimate of drug-likeness (QED) is 0.674. The second-order valence-electron chi connectivity index (χ2n) is 4.45. The highest BCUT2D eigenvalue weighted by Gasteiger charge is 2.13. The van der Waals surface area contributed by atoms with Crippen LogP contribution in [0, 0.1) is 23.0 Å².